The molecule has 396 valence electrons. The van der Waals surface area contributed by atoms with E-state index in [1.807, 2.05) is 123 Å². The van der Waals surface area contributed by atoms with Gasteiger partial charge in [-0.15, -0.1) is 0 Å². The number of likely N-dealkylation sites (N-methyl/N-ethyl adjacent to an activating group) is 1. The summed E-state index contributed by atoms with van der Waals surface area (Å²) in [5, 5.41) is 71.6. The Hall–Kier alpha value is -0.500. The van der Waals surface area contributed by atoms with E-state index in [0.717, 1.165) is 38.6 Å². The van der Waals surface area contributed by atoms with Gasteiger partial charge in [0, 0.05) is 32.1 Å². The smallest absolute Gasteiger partial charge is 0.250 e. The molecule has 0 aliphatic rings. The van der Waals surface area contributed by atoms with Crippen LogP contribution < -0.4 is 0 Å². The molecule has 63 heavy (non-hydrogen) atoms. The second-order valence-corrected chi connectivity index (χ2v) is 19.9. The van der Waals surface area contributed by atoms with Crippen molar-refractivity contribution in [2.75, 3.05) is 40.5 Å². The van der Waals surface area contributed by atoms with Crippen molar-refractivity contribution in [1.29, 1.82) is 0 Å². The van der Waals surface area contributed by atoms with Crippen molar-refractivity contribution in [3.63, 3.8) is 0 Å². The number of hydrogen-bond donors (Lipinski definition) is 8. The fourth-order valence-corrected chi connectivity index (χ4v) is 4.12. The molecule has 0 aliphatic carbocycles. The maximum absolute atomic E-state index is 12.3. The molecule has 0 aromatic carbocycles. The van der Waals surface area contributed by atoms with Crippen molar-refractivity contribution in [2.24, 2.45) is 53.3 Å². The highest BCUT2D eigenvalue weighted by Gasteiger charge is 2.30. The quantitative estimate of drug-likeness (QED) is 0.0629. The summed E-state index contributed by atoms with van der Waals surface area (Å²) in [4.78, 5) is 1.99. The van der Waals surface area contributed by atoms with Crippen LogP contribution in [-0.2, 0) is 0 Å². The highest BCUT2D eigenvalue weighted by molar-refractivity contribution is 4.78. The molecule has 8 N–H and O–H groups in total. The Labute approximate surface area is 394 Å². The Morgan fingerprint density at radius 2 is 0.873 bits per heavy atom. The lowest BCUT2D eigenvalue weighted by atomic mass is 9.89. The lowest BCUT2D eigenvalue weighted by Gasteiger charge is -2.28. The Morgan fingerprint density at radius 1 is 0.508 bits per heavy atom. The van der Waals surface area contributed by atoms with Crippen molar-refractivity contribution in [3.8, 4) is 0 Å². The van der Waals surface area contributed by atoms with Crippen LogP contribution >= 0.6 is 0 Å². The van der Waals surface area contributed by atoms with Gasteiger partial charge in [0.1, 0.15) is 0 Å². The van der Waals surface area contributed by atoms with E-state index in [1.165, 1.54) is 20.8 Å². The van der Waals surface area contributed by atoms with Gasteiger partial charge in [0.25, 0.3) is 0 Å². The molecule has 0 aromatic rings. The van der Waals surface area contributed by atoms with E-state index in [1.54, 1.807) is 0 Å². The molecule has 0 amide bonds. The number of alkyl halides is 2. The van der Waals surface area contributed by atoms with Crippen molar-refractivity contribution in [2.45, 2.75) is 247 Å². The third-order valence-corrected chi connectivity index (χ3v) is 11.3. The molecule has 0 heterocycles. The van der Waals surface area contributed by atoms with Gasteiger partial charge in [-0.3, -0.25) is 0 Å². The van der Waals surface area contributed by atoms with Crippen LogP contribution in [0, 0.1) is 53.3 Å². The highest BCUT2D eigenvalue weighted by atomic mass is 19.3. The Kier molecular flexibility index (Phi) is 64.8. The second kappa shape index (κ2) is 49.4. The summed E-state index contributed by atoms with van der Waals surface area (Å²) in [5.74, 6) is 0.518. The molecular formula is C52H121F2NO8. The largest absolute Gasteiger partial charge is 0.396 e. The van der Waals surface area contributed by atoms with E-state index >= 15 is 0 Å². The van der Waals surface area contributed by atoms with Gasteiger partial charge in [-0.25, -0.2) is 8.78 Å². The predicted octanol–water partition coefficient (Wildman–Crippen LogP) is 12.0. The van der Waals surface area contributed by atoms with E-state index < -0.39 is 23.0 Å². The average molecular weight is 927 g/mol. The molecule has 9 nitrogen and oxygen atoms in total. The molecule has 2 unspecified atom stereocenters. The molecule has 6 atom stereocenters. The summed E-state index contributed by atoms with van der Waals surface area (Å²) in [6.45, 7) is 46.2. The standard InChI is InChI=1S/C7H17NO.C7H16O2.2C7H16O.C6H12F2.2C6H14O.C5H12O.CH4/c1-6(2)7(9)5-8(3)4;1-4-7(9,5-8)6(2)3;1-5-7(4,8)6(2)3;1-4-7(5-8)6(2)3;1-4-6(7,8)5(2)3;2*1-4-6(7)5(2)3;1-5(2)3-4-6;/h6-7,9H,5H2,1-4H3;6,8-9H,4-5H2,1-3H3;6,8H,5H2,1-4H3;6-8H,4-5H2,1-3H3;5H,4H2,1-3H3;2*5-7H,4H2,1-3H3;5-6H,3-4H2,1-2H3;1H4/t7-;;7-;;;2*6-;;/m1.0..10../s1. The Morgan fingerprint density at radius 3 is 0.889 bits per heavy atom. The minimum Gasteiger partial charge on any atom is -0.396 e. The van der Waals surface area contributed by atoms with Gasteiger partial charge in [0.15, 0.2) is 0 Å². The third kappa shape index (κ3) is 59.5. The lowest BCUT2D eigenvalue weighted by Crippen LogP contribution is -2.38. The number of nitrogens with zero attached hydrogens (tertiary/aromatic N) is 1. The van der Waals surface area contributed by atoms with E-state index in [4.69, 9.17) is 25.5 Å². The molecule has 0 fully saturated rings. The van der Waals surface area contributed by atoms with Crippen LogP contribution in [0.1, 0.15) is 212 Å². The number of rotatable bonds is 19. The van der Waals surface area contributed by atoms with Crippen molar-refractivity contribution < 1.29 is 49.6 Å². The first-order chi connectivity index (χ1) is 28.0. The van der Waals surface area contributed by atoms with Crippen LogP contribution in [-0.4, -0.2) is 122 Å². The van der Waals surface area contributed by atoms with Crippen LogP contribution in [0.2, 0.25) is 0 Å². The maximum atomic E-state index is 12.3. The fourth-order valence-electron chi connectivity index (χ4n) is 4.12. The summed E-state index contributed by atoms with van der Waals surface area (Å²) in [6, 6.07) is 0. The topological polar surface area (TPSA) is 165 Å². The SMILES string of the molecule is C.CC(C)CCO.CC(C)[C@H](O)CN(C)C.CCC(CO)C(C)C.CCC(F)(F)C(C)C.CCC(O)(CO)C(C)C.CC[C@@H](O)C(C)C.CC[C@H](O)C(C)C.CC[C@](C)(O)C(C)C. The minimum absolute atomic E-state index is 0. The van der Waals surface area contributed by atoms with Gasteiger partial charge < -0.3 is 45.8 Å². The summed E-state index contributed by atoms with van der Waals surface area (Å²) < 4.78 is 24.6. The normalized spacial score (nSPS) is 14.9. The van der Waals surface area contributed by atoms with Gasteiger partial charge >= 0.3 is 0 Å². The van der Waals surface area contributed by atoms with Crippen molar-refractivity contribution >= 4 is 0 Å². The molecule has 0 aliphatic heterocycles. The fraction of sp³-hybridized carbons (Fsp3) is 1.00. The van der Waals surface area contributed by atoms with Crippen LogP contribution in [0.25, 0.3) is 0 Å². The molecule has 11 heteroatoms. The van der Waals surface area contributed by atoms with Gasteiger partial charge in [0.2, 0.25) is 5.92 Å². The predicted molar refractivity (Wildman–Crippen MR) is 274 cm³/mol. The molecule has 0 aromatic heterocycles. The van der Waals surface area contributed by atoms with E-state index in [2.05, 4.69) is 34.6 Å². The van der Waals surface area contributed by atoms with Gasteiger partial charge in [-0.05, 0) is 100 Å². The molecule has 0 spiro atoms. The second-order valence-electron chi connectivity index (χ2n) is 19.9. The Balaban J connectivity index is -0.0000000756. The zero-order chi connectivity index (χ0) is 51.8. The van der Waals surface area contributed by atoms with Crippen LogP contribution in [0.3, 0.4) is 0 Å². The summed E-state index contributed by atoms with van der Waals surface area (Å²) in [5.41, 5.74) is -1.32. The van der Waals surface area contributed by atoms with Gasteiger partial charge in [0.05, 0.1) is 36.1 Å². The monoisotopic (exact) mass is 926 g/mol. The first kappa shape index (κ1) is 82.6. The number of aliphatic hydroxyl groups is 8. The lowest BCUT2D eigenvalue weighted by molar-refractivity contribution is -0.0536. The third-order valence-electron chi connectivity index (χ3n) is 11.3. The summed E-state index contributed by atoms with van der Waals surface area (Å²) in [7, 11) is 3.93. The molecule has 0 rings (SSSR count). The summed E-state index contributed by atoms with van der Waals surface area (Å²) >= 11 is 0. The molecule has 0 bridgehead atoms. The first-order valence-corrected chi connectivity index (χ1v) is 24.3. The Bertz CT molecular complexity index is 812. The van der Waals surface area contributed by atoms with E-state index in [9.17, 15) is 24.1 Å². The minimum atomic E-state index is -2.46. The van der Waals surface area contributed by atoms with Crippen LogP contribution in [0.5, 0.6) is 0 Å². The van der Waals surface area contributed by atoms with Crippen LogP contribution in [0.15, 0.2) is 0 Å². The maximum Gasteiger partial charge on any atom is 0.250 e. The molecule has 0 radical (unpaired) electrons. The van der Waals surface area contributed by atoms with Gasteiger partial charge in [-0.2, -0.15) is 0 Å². The number of aliphatic hydroxyl groups excluding tert-OH is 6. The first-order valence-electron chi connectivity index (χ1n) is 24.3. The van der Waals surface area contributed by atoms with E-state index in [-0.39, 0.29) is 44.7 Å². The van der Waals surface area contributed by atoms with Crippen molar-refractivity contribution in [1.82, 2.24) is 4.90 Å². The average Bonchev–Trinajstić information content (AvgIpc) is 3.18. The highest BCUT2D eigenvalue weighted by Crippen LogP contribution is 2.26. The zero-order valence-electron chi connectivity index (χ0n) is 46.0. The number of halogens is 2. The zero-order valence-corrected chi connectivity index (χ0v) is 46.0. The molecular weight excluding hydrogens is 805 g/mol. The van der Waals surface area contributed by atoms with Crippen molar-refractivity contribution in [3.05, 3.63) is 0 Å². The molecule has 0 saturated carbocycles. The number of hydrogen-bond acceptors (Lipinski definition) is 9. The molecule has 0 saturated heterocycles. The summed E-state index contributed by atoms with van der Waals surface area (Å²) in [6.07, 6.45) is 4.79. The van der Waals surface area contributed by atoms with Gasteiger partial charge in [-0.1, -0.05) is 166 Å². The van der Waals surface area contributed by atoms with E-state index in [0.29, 0.717) is 61.1 Å². The van der Waals surface area contributed by atoms with Crippen LogP contribution in [0.4, 0.5) is 8.78 Å².